The molecule has 0 spiro atoms. The number of hydrazine groups is 1. The third-order valence-electron chi connectivity index (χ3n) is 4.29. The van der Waals surface area contributed by atoms with E-state index in [1.807, 2.05) is 0 Å². The molecule has 2 aliphatic heterocycles. The second-order valence-corrected chi connectivity index (χ2v) is 7.04. The molecule has 2 saturated heterocycles. The normalized spacial score (nSPS) is 22.0. The number of nitrogens with zero attached hydrogens (tertiary/aromatic N) is 2. The molecule has 1 aromatic carbocycles. The van der Waals surface area contributed by atoms with Gasteiger partial charge in [0.1, 0.15) is 17.3 Å². The van der Waals surface area contributed by atoms with Gasteiger partial charge in [0.2, 0.25) is 17.7 Å². The Morgan fingerprint density at radius 2 is 2.04 bits per heavy atom. The van der Waals surface area contributed by atoms with E-state index in [4.69, 9.17) is 12.2 Å². The molecular weight excluding hydrogens is 401 g/mol. The van der Waals surface area contributed by atoms with Crippen LogP contribution in [-0.2, 0) is 14.4 Å². The monoisotopic (exact) mass is 416 g/mol. The zero-order valence-electron chi connectivity index (χ0n) is 14.7. The number of anilines is 1. The number of thiocarbonyl (C=S) groups is 1. The number of nitrogens with one attached hydrogen (secondary N) is 2. The van der Waals surface area contributed by atoms with Gasteiger partial charge in [0.05, 0.1) is 6.42 Å². The van der Waals surface area contributed by atoms with Crippen molar-refractivity contribution in [2.75, 3.05) is 5.32 Å². The number of hydrogen-bond donors (Lipinski definition) is 2. The molecule has 150 valence electrons. The lowest BCUT2D eigenvalue weighted by Crippen LogP contribution is -2.71. The number of ether oxygens (including phenoxy) is 1. The summed E-state index contributed by atoms with van der Waals surface area (Å²) in [4.78, 5) is 37.3. The van der Waals surface area contributed by atoms with Gasteiger partial charge in [-0.2, -0.15) is 5.01 Å². The maximum absolute atomic E-state index is 12.7. The van der Waals surface area contributed by atoms with Gasteiger partial charge in [-0.25, -0.2) is 5.01 Å². The van der Waals surface area contributed by atoms with Crippen molar-refractivity contribution in [3.05, 3.63) is 24.3 Å². The summed E-state index contributed by atoms with van der Waals surface area (Å²) in [5.41, 5.74) is -1.21. The Hall–Kier alpha value is -2.73. The lowest BCUT2D eigenvalue weighted by atomic mass is 10.00. The van der Waals surface area contributed by atoms with Crippen molar-refractivity contribution in [1.82, 2.24) is 15.3 Å². The fourth-order valence-electron chi connectivity index (χ4n) is 3.06. The van der Waals surface area contributed by atoms with Crippen LogP contribution in [-0.4, -0.2) is 50.8 Å². The average Bonchev–Trinajstić information content (AvgIpc) is 2.91. The standard InChI is InChI=1S/C16H15F3N4O4S/c1-15(2)13(26)21-14(28)22-11(24)7-10(23(15)22)12(25)20-8-4-3-5-9(6-8)27-16(17,18)19/h3-6,10H,7H2,1-2H3,(H,20,25)(H,21,26,28). The predicted octanol–water partition coefficient (Wildman–Crippen LogP) is 1.53. The first kappa shape index (κ1) is 20.0. The van der Waals surface area contributed by atoms with E-state index in [2.05, 4.69) is 15.4 Å². The molecule has 0 radical (unpaired) electrons. The van der Waals surface area contributed by atoms with Gasteiger partial charge >= 0.3 is 6.36 Å². The van der Waals surface area contributed by atoms with Crippen molar-refractivity contribution >= 4 is 40.7 Å². The Kier molecular flexibility index (Phi) is 4.79. The van der Waals surface area contributed by atoms with Crippen LogP contribution >= 0.6 is 12.2 Å². The molecule has 0 aliphatic carbocycles. The molecule has 12 heteroatoms. The summed E-state index contributed by atoms with van der Waals surface area (Å²) in [6.07, 6.45) is -5.12. The Morgan fingerprint density at radius 1 is 1.36 bits per heavy atom. The largest absolute Gasteiger partial charge is 0.573 e. The highest BCUT2D eigenvalue weighted by molar-refractivity contribution is 7.80. The van der Waals surface area contributed by atoms with E-state index in [1.54, 1.807) is 0 Å². The Balaban J connectivity index is 1.83. The van der Waals surface area contributed by atoms with E-state index in [0.29, 0.717) is 0 Å². The maximum Gasteiger partial charge on any atom is 0.573 e. The molecule has 1 unspecified atom stereocenters. The number of amides is 3. The topological polar surface area (TPSA) is 91.0 Å². The minimum absolute atomic E-state index is 0.0412. The van der Waals surface area contributed by atoms with E-state index >= 15 is 0 Å². The second-order valence-electron chi connectivity index (χ2n) is 6.65. The summed E-state index contributed by atoms with van der Waals surface area (Å²) in [6, 6.07) is 3.66. The number of hydrogen-bond acceptors (Lipinski definition) is 6. The minimum atomic E-state index is -4.87. The van der Waals surface area contributed by atoms with Gasteiger partial charge in [0.25, 0.3) is 0 Å². The van der Waals surface area contributed by atoms with E-state index in [0.717, 1.165) is 17.1 Å². The summed E-state index contributed by atoms with van der Waals surface area (Å²) < 4.78 is 40.9. The summed E-state index contributed by atoms with van der Waals surface area (Å²) in [5, 5.41) is 7.07. The molecule has 3 rings (SSSR count). The highest BCUT2D eigenvalue weighted by atomic mass is 32.1. The Labute approximate surface area is 162 Å². The highest BCUT2D eigenvalue weighted by Crippen LogP contribution is 2.33. The number of halogens is 3. The van der Waals surface area contributed by atoms with Crippen LogP contribution in [0.3, 0.4) is 0 Å². The minimum Gasteiger partial charge on any atom is -0.406 e. The van der Waals surface area contributed by atoms with Crippen molar-refractivity contribution < 1.29 is 32.3 Å². The van der Waals surface area contributed by atoms with Crippen molar-refractivity contribution in [3.63, 3.8) is 0 Å². The van der Waals surface area contributed by atoms with Crippen molar-refractivity contribution in [2.45, 2.75) is 38.2 Å². The van der Waals surface area contributed by atoms with Crippen molar-refractivity contribution in [1.29, 1.82) is 0 Å². The van der Waals surface area contributed by atoms with Crippen LogP contribution in [0.4, 0.5) is 18.9 Å². The van der Waals surface area contributed by atoms with E-state index in [1.165, 1.54) is 31.0 Å². The van der Waals surface area contributed by atoms with Gasteiger partial charge in [0, 0.05) is 11.8 Å². The van der Waals surface area contributed by atoms with Crippen LogP contribution in [0.15, 0.2) is 24.3 Å². The second kappa shape index (κ2) is 6.71. The summed E-state index contributed by atoms with van der Waals surface area (Å²) >= 11 is 5.01. The van der Waals surface area contributed by atoms with Gasteiger partial charge < -0.3 is 10.1 Å². The van der Waals surface area contributed by atoms with Gasteiger partial charge in [-0.15, -0.1) is 13.2 Å². The van der Waals surface area contributed by atoms with Crippen LogP contribution in [0.5, 0.6) is 5.75 Å². The highest BCUT2D eigenvalue weighted by Gasteiger charge is 2.56. The molecule has 2 aliphatic rings. The first-order chi connectivity index (χ1) is 12.9. The van der Waals surface area contributed by atoms with Crippen LogP contribution < -0.4 is 15.4 Å². The predicted molar refractivity (Wildman–Crippen MR) is 93.7 cm³/mol. The van der Waals surface area contributed by atoms with E-state index in [9.17, 15) is 27.6 Å². The van der Waals surface area contributed by atoms with E-state index < -0.39 is 41.4 Å². The summed E-state index contributed by atoms with van der Waals surface area (Å²) in [5.74, 6) is -2.15. The summed E-state index contributed by atoms with van der Waals surface area (Å²) in [7, 11) is 0. The first-order valence-corrected chi connectivity index (χ1v) is 8.45. The molecule has 0 bridgehead atoms. The zero-order chi connectivity index (χ0) is 20.9. The van der Waals surface area contributed by atoms with Crippen LogP contribution in [0.25, 0.3) is 0 Å². The van der Waals surface area contributed by atoms with Gasteiger partial charge in [-0.05, 0) is 38.2 Å². The number of carbonyl (C=O) groups excluding carboxylic acids is 3. The Bertz CT molecular complexity index is 874. The van der Waals surface area contributed by atoms with Gasteiger partial charge in [-0.3, -0.25) is 19.7 Å². The summed E-state index contributed by atoms with van der Waals surface area (Å²) in [6.45, 7) is 3.04. The van der Waals surface area contributed by atoms with Crippen molar-refractivity contribution in [3.8, 4) is 5.75 Å². The van der Waals surface area contributed by atoms with Crippen LogP contribution in [0.2, 0.25) is 0 Å². The smallest absolute Gasteiger partial charge is 0.406 e. The van der Waals surface area contributed by atoms with Gasteiger partial charge in [0.15, 0.2) is 5.11 Å². The molecule has 2 fully saturated rings. The molecule has 8 nitrogen and oxygen atoms in total. The average molecular weight is 416 g/mol. The quantitative estimate of drug-likeness (QED) is 0.727. The fraction of sp³-hybridized carbons (Fsp3) is 0.375. The fourth-order valence-corrected chi connectivity index (χ4v) is 3.34. The third-order valence-corrected chi connectivity index (χ3v) is 4.57. The maximum atomic E-state index is 12.7. The molecule has 1 aromatic rings. The SMILES string of the molecule is CC1(C)C(=O)NC(=S)N2C(=O)CC(C(=O)Nc3cccc(OC(F)(F)F)c3)N21. The van der Waals surface area contributed by atoms with Crippen molar-refractivity contribution in [2.24, 2.45) is 0 Å². The van der Waals surface area contributed by atoms with Gasteiger partial charge in [-0.1, -0.05) is 6.07 Å². The molecule has 1 atom stereocenters. The molecule has 3 amide bonds. The molecule has 2 heterocycles. The Morgan fingerprint density at radius 3 is 2.68 bits per heavy atom. The third kappa shape index (κ3) is 3.64. The molecule has 28 heavy (non-hydrogen) atoms. The van der Waals surface area contributed by atoms with Crippen LogP contribution in [0, 0.1) is 0 Å². The molecule has 0 aromatic heterocycles. The number of rotatable bonds is 3. The lowest BCUT2D eigenvalue weighted by Gasteiger charge is -2.45. The molecule has 2 N–H and O–H groups in total. The zero-order valence-corrected chi connectivity index (χ0v) is 15.5. The lowest BCUT2D eigenvalue weighted by molar-refractivity contribution is -0.274. The number of carbonyl (C=O) groups is 3. The van der Waals surface area contributed by atoms with E-state index in [-0.39, 0.29) is 17.2 Å². The molecule has 0 saturated carbocycles. The molecular formula is C16H15F3N4O4S. The number of alkyl halides is 3. The number of fused-ring (bicyclic) bond motifs is 1. The number of benzene rings is 1. The first-order valence-electron chi connectivity index (χ1n) is 8.04. The van der Waals surface area contributed by atoms with Crippen LogP contribution in [0.1, 0.15) is 20.3 Å².